The summed E-state index contributed by atoms with van der Waals surface area (Å²) in [6.45, 7) is 4.36. The molecule has 8 heteroatoms. The lowest BCUT2D eigenvalue weighted by atomic mass is 9.84. The van der Waals surface area contributed by atoms with E-state index in [0.717, 1.165) is 34.3 Å². The van der Waals surface area contributed by atoms with Gasteiger partial charge < -0.3 is 9.26 Å². The van der Waals surface area contributed by atoms with Gasteiger partial charge in [0.1, 0.15) is 12.4 Å². The Morgan fingerprint density at radius 2 is 2.13 bits per heavy atom. The summed E-state index contributed by atoms with van der Waals surface area (Å²) >= 11 is 1.59. The average molecular weight is 443 g/mol. The molecule has 2 bridgehead atoms. The van der Waals surface area contributed by atoms with E-state index in [1.807, 2.05) is 13.0 Å². The maximum absolute atomic E-state index is 14.0. The molecule has 4 atom stereocenters. The molecule has 2 saturated carbocycles. The highest BCUT2D eigenvalue weighted by molar-refractivity contribution is 7.98. The quantitative estimate of drug-likeness (QED) is 0.424. The minimum atomic E-state index is -0.370. The van der Waals surface area contributed by atoms with Crippen molar-refractivity contribution in [3.05, 3.63) is 53.4 Å². The van der Waals surface area contributed by atoms with Crippen LogP contribution >= 0.6 is 11.8 Å². The topological polar surface area (TPSA) is 66.0 Å². The van der Waals surface area contributed by atoms with E-state index in [-0.39, 0.29) is 24.2 Å². The highest BCUT2D eigenvalue weighted by atomic mass is 32.2. The summed E-state index contributed by atoms with van der Waals surface area (Å²) in [4.78, 5) is 0. The maximum Gasteiger partial charge on any atom is 0.192 e. The molecule has 2 fully saturated rings. The van der Waals surface area contributed by atoms with E-state index in [1.165, 1.54) is 31.7 Å². The first-order valence-electron chi connectivity index (χ1n) is 10.9. The summed E-state index contributed by atoms with van der Waals surface area (Å²) in [6.07, 6.45) is 5.30. The number of para-hydroxylation sites is 1. The van der Waals surface area contributed by atoms with Crippen molar-refractivity contribution in [3.8, 4) is 5.75 Å². The standard InChI is InChI=1S/C23H27FN4O2S/c1-14-9-18(30-27-14)13-31-23-26-25-22(12-29-21-6-4-3-5-20(21)24)28(23)15(2)19-11-16-7-8-17(19)10-16/h3-6,9,15-17,19H,7-8,10-13H2,1-2H3. The third kappa shape index (κ3) is 4.22. The van der Waals surface area contributed by atoms with Gasteiger partial charge in [-0.15, -0.1) is 10.2 Å². The zero-order valence-corrected chi connectivity index (χ0v) is 18.6. The molecule has 0 aliphatic heterocycles. The summed E-state index contributed by atoms with van der Waals surface area (Å²) < 4.78 is 27.4. The number of ether oxygens (including phenoxy) is 1. The van der Waals surface area contributed by atoms with Crippen LogP contribution in [0.3, 0.4) is 0 Å². The molecule has 0 spiro atoms. The van der Waals surface area contributed by atoms with Gasteiger partial charge in [0.25, 0.3) is 0 Å². The van der Waals surface area contributed by atoms with Crippen LogP contribution in [0.15, 0.2) is 40.0 Å². The van der Waals surface area contributed by atoms with E-state index in [9.17, 15) is 4.39 Å². The predicted molar refractivity (Wildman–Crippen MR) is 115 cm³/mol. The molecule has 2 aliphatic rings. The minimum Gasteiger partial charge on any atom is -0.483 e. The van der Waals surface area contributed by atoms with Crippen LogP contribution in [-0.2, 0) is 12.4 Å². The highest BCUT2D eigenvalue weighted by Gasteiger charge is 2.43. The van der Waals surface area contributed by atoms with Gasteiger partial charge in [0.15, 0.2) is 22.5 Å². The number of halogens is 1. The second kappa shape index (κ2) is 8.65. The third-order valence-corrected chi connectivity index (χ3v) is 7.73. The molecule has 164 valence electrons. The monoisotopic (exact) mass is 442 g/mol. The Morgan fingerprint density at radius 1 is 1.26 bits per heavy atom. The molecule has 3 aromatic rings. The van der Waals surface area contributed by atoms with Crippen molar-refractivity contribution in [1.29, 1.82) is 0 Å². The molecule has 31 heavy (non-hydrogen) atoms. The fourth-order valence-electron chi connectivity index (χ4n) is 5.31. The van der Waals surface area contributed by atoms with Crippen molar-refractivity contribution >= 4 is 11.8 Å². The van der Waals surface area contributed by atoms with Crippen LogP contribution in [0.4, 0.5) is 4.39 Å². The Morgan fingerprint density at radius 3 is 2.84 bits per heavy atom. The van der Waals surface area contributed by atoms with Gasteiger partial charge in [-0.1, -0.05) is 35.5 Å². The summed E-state index contributed by atoms with van der Waals surface area (Å²) in [5.74, 6) is 4.30. The van der Waals surface area contributed by atoms with Crippen LogP contribution in [0.5, 0.6) is 5.75 Å². The number of aryl methyl sites for hydroxylation is 1. The maximum atomic E-state index is 14.0. The van der Waals surface area contributed by atoms with E-state index in [1.54, 1.807) is 30.0 Å². The Labute approximate surface area is 185 Å². The first-order chi connectivity index (χ1) is 15.1. The first kappa shape index (κ1) is 20.5. The Hall–Kier alpha value is -2.35. The number of aromatic nitrogens is 4. The van der Waals surface area contributed by atoms with Crippen molar-refractivity contribution in [2.24, 2.45) is 17.8 Å². The van der Waals surface area contributed by atoms with Crippen molar-refractivity contribution < 1.29 is 13.7 Å². The van der Waals surface area contributed by atoms with Crippen LogP contribution < -0.4 is 4.74 Å². The number of hydrogen-bond donors (Lipinski definition) is 0. The van der Waals surface area contributed by atoms with Crippen LogP contribution in [0.2, 0.25) is 0 Å². The van der Waals surface area contributed by atoms with Gasteiger partial charge in [-0.25, -0.2) is 4.39 Å². The van der Waals surface area contributed by atoms with Crippen molar-refractivity contribution in [2.45, 2.75) is 63.1 Å². The molecule has 5 rings (SSSR count). The van der Waals surface area contributed by atoms with Crippen molar-refractivity contribution in [2.75, 3.05) is 0 Å². The lowest BCUT2D eigenvalue weighted by Gasteiger charge is -2.30. The molecule has 1 aromatic carbocycles. The third-order valence-electron chi connectivity index (χ3n) is 6.77. The van der Waals surface area contributed by atoms with E-state index in [4.69, 9.17) is 9.26 Å². The van der Waals surface area contributed by atoms with Gasteiger partial charge in [0.2, 0.25) is 0 Å². The zero-order chi connectivity index (χ0) is 21.4. The van der Waals surface area contributed by atoms with Crippen molar-refractivity contribution in [3.63, 3.8) is 0 Å². The number of fused-ring (bicyclic) bond motifs is 2. The van der Waals surface area contributed by atoms with Gasteiger partial charge in [0, 0.05) is 12.1 Å². The number of rotatable bonds is 8. The molecular formula is C23H27FN4O2S. The molecule has 2 aromatic heterocycles. The van der Waals surface area contributed by atoms with E-state index in [2.05, 4.69) is 26.8 Å². The van der Waals surface area contributed by atoms with Crippen LogP contribution in [-0.4, -0.2) is 19.9 Å². The van der Waals surface area contributed by atoms with Crippen molar-refractivity contribution in [1.82, 2.24) is 19.9 Å². The average Bonchev–Trinajstić information content (AvgIpc) is 3.55. The van der Waals surface area contributed by atoms with Crippen LogP contribution in [0, 0.1) is 30.5 Å². The summed E-state index contributed by atoms with van der Waals surface area (Å²) in [6, 6.07) is 8.66. The first-order valence-corrected chi connectivity index (χ1v) is 11.9. The van der Waals surface area contributed by atoms with E-state index in [0.29, 0.717) is 11.7 Å². The number of thioether (sulfide) groups is 1. The molecule has 2 aliphatic carbocycles. The Kier molecular flexibility index (Phi) is 5.73. The minimum absolute atomic E-state index is 0.182. The zero-order valence-electron chi connectivity index (χ0n) is 17.8. The SMILES string of the molecule is Cc1cc(CSc2nnc(COc3ccccc3F)n2C(C)C2CC3CCC2C3)on1. The number of nitrogens with zero attached hydrogens (tertiary/aromatic N) is 4. The summed E-state index contributed by atoms with van der Waals surface area (Å²) in [7, 11) is 0. The lowest BCUT2D eigenvalue weighted by Crippen LogP contribution is -2.24. The second-order valence-corrected chi connectivity index (χ2v) is 9.73. The second-order valence-electron chi connectivity index (χ2n) is 8.79. The summed E-state index contributed by atoms with van der Waals surface area (Å²) in [5, 5.41) is 13.7. The Balaban J connectivity index is 1.38. The largest absolute Gasteiger partial charge is 0.483 e. The molecule has 0 saturated heterocycles. The smallest absolute Gasteiger partial charge is 0.192 e. The van der Waals surface area contributed by atoms with Crippen LogP contribution in [0.25, 0.3) is 0 Å². The molecule has 4 unspecified atom stereocenters. The molecule has 0 radical (unpaired) electrons. The van der Waals surface area contributed by atoms with Crippen LogP contribution in [0.1, 0.15) is 55.9 Å². The number of hydrogen-bond acceptors (Lipinski definition) is 6. The molecular weight excluding hydrogens is 415 g/mol. The fourth-order valence-corrected chi connectivity index (χ4v) is 6.23. The van der Waals surface area contributed by atoms with E-state index >= 15 is 0 Å². The lowest BCUT2D eigenvalue weighted by molar-refractivity contribution is 0.215. The molecule has 0 N–H and O–H groups in total. The highest BCUT2D eigenvalue weighted by Crippen LogP contribution is 2.52. The van der Waals surface area contributed by atoms with Gasteiger partial charge in [-0.3, -0.25) is 4.57 Å². The van der Waals surface area contributed by atoms with E-state index < -0.39 is 0 Å². The van der Waals surface area contributed by atoms with Gasteiger partial charge in [0.05, 0.1) is 11.4 Å². The Bertz CT molecular complexity index is 1050. The fraction of sp³-hybridized carbons (Fsp3) is 0.522. The number of benzene rings is 1. The normalized spacial score (nSPS) is 23.4. The summed E-state index contributed by atoms with van der Waals surface area (Å²) in [5.41, 5.74) is 0.867. The molecule has 6 nitrogen and oxygen atoms in total. The molecule has 0 amide bonds. The predicted octanol–water partition coefficient (Wildman–Crippen LogP) is 5.58. The van der Waals surface area contributed by atoms with Gasteiger partial charge in [-0.2, -0.15) is 0 Å². The van der Waals surface area contributed by atoms with Gasteiger partial charge >= 0.3 is 0 Å². The van der Waals surface area contributed by atoms with Gasteiger partial charge in [-0.05, 0) is 63.0 Å². The molecule has 2 heterocycles.